The van der Waals surface area contributed by atoms with Gasteiger partial charge in [-0.15, -0.1) is 0 Å². The van der Waals surface area contributed by atoms with Crippen molar-refractivity contribution in [2.45, 2.75) is 83.6 Å². The van der Waals surface area contributed by atoms with Crippen LogP contribution < -0.4 is 0 Å². The summed E-state index contributed by atoms with van der Waals surface area (Å²) in [6, 6.07) is 0. The van der Waals surface area contributed by atoms with Gasteiger partial charge in [-0.1, -0.05) is 69.0 Å². The molecule has 0 bridgehead atoms. The third-order valence-electron chi connectivity index (χ3n) is 3.61. The molecule has 0 aromatic rings. The molecule has 0 saturated carbocycles. The minimum absolute atomic E-state index is 0.472. The molecule has 104 valence electrons. The quantitative estimate of drug-likeness (QED) is 0.406. The fourth-order valence-corrected chi connectivity index (χ4v) is 8.25. The Balaban J connectivity index is 4.01. The molecule has 0 N–H and O–H groups in total. The highest BCUT2D eigenvalue weighted by Crippen LogP contribution is 2.50. The van der Waals surface area contributed by atoms with Crippen LogP contribution in [0.1, 0.15) is 73.6 Å². The molecule has 0 nitrogen and oxygen atoms in total. The maximum atomic E-state index is 2.42. The van der Waals surface area contributed by atoms with Crippen LogP contribution in [0, 0.1) is 5.92 Å². The van der Waals surface area contributed by atoms with Crippen molar-refractivity contribution in [1.82, 2.24) is 0 Å². The largest absolute Gasteiger partial charge is 0.0788 e. The van der Waals surface area contributed by atoms with E-state index in [4.69, 9.17) is 0 Å². The average Bonchev–Trinajstić information content (AvgIpc) is 2.34. The van der Waals surface area contributed by atoms with E-state index in [1.807, 2.05) is 9.83 Å². The zero-order chi connectivity index (χ0) is 13.3. The first-order valence-electron chi connectivity index (χ1n) is 7.04. The standard InChI is InChI=1S/C14H30S3/c1-7-11-14(6,10-4)16-17-15-13(9-3)12(5)8-2/h12-13H,7-11H2,1-6H3. The van der Waals surface area contributed by atoms with Gasteiger partial charge in [0.25, 0.3) is 0 Å². The molecule has 0 heterocycles. The average molecular weight is 295 g/mol. The Hall–Kier alpha value is 1.05. The van der Waals surface area contributed by atoms with Gasteiger partial charge in [-0.3, -0.25) is 0 Å². The molecule has 0 aliphatic carbocycles. The van der Waals surface area contributed by atoms with Crippen LogP contribution >= 0.6 is 31.4 Å². The van der Waals surface area contributed by atoms with Gasteiger partial charge in [0.2, 0.25) is 0 Å². The van der Waals surface area contributed by atoms with Gasteiger partial charge in [-0.2, -0.15) is 0 Å². The third-order valence-corrected chi connectivity index (χ3v) is 9.40. The van der Waals surface area contributed by atoms with E-state index >= 15 is 0 Å². The topological polar surface area (TPSA) is 0 Å². The summed E-state index contributed by atoms with van der Waals surface area (Å²) < 4.78 is 0.472. The van der Waals surface area contributed by atoms with Crippen LogP contribution in [0.2, 0.25) is 0 Å². The smallest absolute Gasteiger partial charge is 0.0241 e. The molecular formula is C14H30S3. The van der Waals surface area contributed by atoms with E-state index in [1.165, 1.54) is 32.1 Å². The summed E-state index contributed by atoms with van der Waals surface area (Å²) in [6.07, 6.45) is 6.51. The highest BCUT2D eigenvalue weighted by molar-refractivity contribution is 9.09. The zero-order valence-corrected chi connectivity index (χ0v) is 14.9. The van der Waals surface area contributed by atoms with Crippen molar-refractivity contribution in [2.75, 3.05) is 0 Å². The fraction of sp³-hybridized carbons (Fsp3) is 1.00. The first kappa shape index (κ1) is 18.0. The van der Waals surface area contributed by atoms with Gasteiger partial charge in [-0.05, 0) is 41.9 Å². The van der Waals surface area contributed by atoms with E-state index in [2.05, 4.69) is 63.1 Å². The van der Waals surface area contributed by atoms with Gasteiger partial charge in [0.1, 0.15) is 0 Å². The summed E-state index contributed by atoms with van der Waals surface area (Å²) >= 11 is 0. The lowest BCUT2D eigenvalue weighted by atomic mass is 10.0. The van der Waals surface area contributed by atoms with Crippen LogP contribution in [0.15, 0.2) is 0 Å². The van der Waals surface area contributed by atoms with Crippen molar-refractivity contribution >= 4 is 31.4 Å². The van der Waals surface area contributed by atoms with Gasteiger partial charge >= 0.3 is 0 Å². The lowest BCUT2D eigenvalue weighted by molar-refractivity contribution is 0.526. The monoisotopic (exact) mass is 294 g/mol. The summed E-state index contributed by atoms with van der Waals surface area (Å²) in [7, 11) is 6.24. The summed E-state index contributed by atoms with van der Waals surface area (Å²) in [4.78, 5) is 0. The Morgan fingerprint density at radius 2 is 1.71 bits per heavy atom. The van der Waals surface area contributed by atoms with Gasteiger partial charge in [0.15, 0.2) is 0 Å². The number of rotatable bonds is 10. The molecule has 3 heteroatoms. The van der Waals surface area contributed by atoms with Gasteiger partial charge in [0.05, 0.1) is 0 Å². The van der Waals surface area contributed by atoms with Crippen molar-refractivity contribution in [1.29, 1.82) is 0 Å². The molecule has 0 spiro atoms. The lowest BCUT2D eigenvalue weighted by Crippen LogP contribution is -2.17. The van der Waals surface area contributed by atoms with Crippen LogP contribution in [-0.2, 0) is 0 Å². The Kier molecular flexibility index (Phi) is 10.5. The highest BCUT2D eigenvalue weighted by Gasteiger charge is 2.23. The Labute approximate surface area is 121 Å². The Bertz CT molecular complexity index is 184. The molecule has 0 aliphatic heterocycles. The second kappa shape index (κ2) is 9.91. The van der Waals surface area contributed by atoms with Gasteiger partial charge < -0.3 is 0 Å². The molecule has 0 saturated heterocycles. The van der Waals surface area contributed by atoms with Crippen molar-refractivity contribution in [3.8, 4) is 0 Å². The normalized spacial score (nSPS) is 18.7. The maximum absolute atomic E-state index is 2.42. The summed E-state index contributed by atoms with van der Waals surface area (Å²) in [5, 5.41) is 0.820. The molecule has 0 radical (unpaired) electrons. The zero-order valence-electron chi connectivity index (χ0n) is 12.4. The van der Waals surface area contributed by atoms with Crippen LogP contribution in [0.4, 0.5) is 0 Å². The van der Waals surface area contributed by atoms with Crippen molar-refractivity contribution in [3.63, 3.8) is 0 Å². The molecular weight excluding hydrogens is 264 g/mol. The second-order valence-electron chi connectivity index (χ2n) is 5.13. The maximum Gasteiger partial charge on any atom is 0.0241 e. The Morgan fingerprint density at radius 3 is 2.12 bits per heavy atom. The van der Waals surface area contributed by atoms with Gasteiger partial charge in [0, 0.05) is 10.00 Å². The number of hydrogen-bond acceptors (Lipinski definition) is 3. The first-order chi connectivity index (χ1) is 8.02. The molecule has 3 atom stereocenters. The first-order valence-corrected chi connectivity index (χ1v) is 10.6. The summed E-state index contributed by atoms with van der Waals surface area (Å²) in [5.74, 6) is 0.845. The molecule has 0 aromatic carbocycles. The van der Waals surface area contributed by atoms with E-state index in [-0.39, 0.29) is 0 Å². The van der Waals surface area contributed by atoms with Crippen molar-refractivity contribution in [2.24, 2.45) is 5.92 Å². The summed E-state index contributed by atoms with van der Waals surface area (Å²) in [5.41, 5.74) is 0. The van der Waals surface area contributed by atoms with Crippen molar-refractivity contribution in [3.05, 3.63) is 0 Å². The molecule has 0 aliphatic rings. The van der Waals surface area contributed by atoms with Crippen molar-refractivity contribution < 1.29 is 0 Å². The van der Waals surface area contributed by atoms with E-state index in [9.17, 15) is 0 Å². The Morgan fingerprint density at radius 1 is 1.06 bits per heavy atom. The van der Waals surface area contributed by atoms with E-state index in [0.29, 0.717) is 4.75 Å². The highest BCUT2D eigenvalue weighted by atomic mass is 33.5. The molecule has 0 fully saturated rings. The summed E-state index contributed by atoms with van der Waals surface area (Å²) in [6.45, 7) is 14.0. The SMILES string of the molecule is CCCC(C)(CC)SSSC(CC)C(C)CC. The predicted octanol–water partition coefficient (Wildman–Crippen LogP) is 6.81. The van der Waals surface area contributed by atoms with E-state index in [0.717, 1.165) is 11.2 Å². The van der Waals surface area contributed by atoms with Crippen LogP contribution in [0.3, 0.4) is 0 Å². The molecule has 0 aromatic heterocycles. The predicted molar refractivity (Wildman–Crippen MR) is 89.9 cm³/mol. The second-order valence-corrected chi connectivity index (χ2v) is 9.93. The lowest BCUT2D eigenvalue weighted by Gasteiger charge is -2.27. The molecule has 0 rings (SSSR count). The van der Waals surface area contributed by atoms with Crippen LogP contribution in [-0.4, -0.2) is 10.00 Å². The van der Waals surface area contributed by atoms with Gasteiger partial charge in [-0.25, -0.2) is 0 Å². The minimum atomic E-state index is 0.472. The molecule has 3 unspecified atom stereocenters. The van der Waals surface area contributed by atoms with Crippen LogP contribution in [0.25, 0.3) is 0 Å². The number of hydrogen-bond donors (Lipinski definition) is 0. The molecule has 0 amide bonds. The van der Waals surface area contributed by atoms with E-state index in [1.54, 1.807) is 0 Å². The minimum Gasteiger partial charge on any atom is -0.0788 e. The van der Waals surface area contributed by atoms with Crippen LogP contribution in [0.5, 0.6) is 0 Å². The third kappa shape index (κ3) is 7.27. The fourth-order valence-electron chi connectivity index (χ4n) is 1.79. The molecule has 17 heavy (non-hydrogen) atoms. The van der Waals surface area contributed by atoms with E-state index < -0.39 is 0 Å².